The van der Waals surface area contributed by atoms with Crippen LogP contribution in [0.25, 0.3) is 77.2 Å². The fraction of sp³-hybridized carbons (Fsp3) is 0.0732. The number of pyridine rings is 2. The molecule has 4 aromatic heterocycles. The summed E-state index contributed by atoms with van der Waals surface area (Å²) in [6.07, 6.45) is 3.61. The maximum atomic E-state index is 6.46. The molecule has 4 nitrogen and oxygen atoms in total. The first-order valence-electron chi connectivity index (χ1n) is 15.1. The van der Waals surface area contributed by atoms with Gasteiger partial charge in [0.1, 0.15) is 16.7 Å². The van der Waals surface area contributed by atoms with Crippen molar-refractivity contribution in [2.45, 2.75) is 19.3 Å². The second kappa shape index (κ2) is 10.8. The van der Waals surface area contributed by atoms with Crippen LogP contribution in [0.15, 0.2) is 130 Å². The first-order chi connectivity index (χ1) is 22.1. The minimum Gasteiger partial charge on any atom is -0.476 e. The molecule has 223 valence electrons. The van der Waals surface area contributed by atoms with Crippen LogP contribution in [0.3, 0.4) is 0 Å². The molecule has 0 spiro atoms. The summed E-state index contributed by atoms with van der Waals surface area (Å²) < 4.78 is 12.7. The molecular formula is C41H26IrN2O2-2. The number of furan rings is 2. The van der Waals surface area contributed by atoms with Gasteiger partial charge in [-0.25, -0.2) is 0 Å². The van der Waals surface area contributed by atoms with Crippen LogP contribution in [0.2, 0.25) is 0 Å². The molecule has 1 radical (unpaired) electrons. The van der Waals surface area contributed by atoms with Gasteiger partial charge in [-0.2, -0.15) is 0 Å². The largest absolute Gasteiger partial charge is 0.476 e. The van der Waals surface area contributed by atoms with Gasteiger partial charge in [0.15, 0.2) is 0 Å². The third-order valence-corrected chi connectivity index (χ3v) is 9.06. The van der Waals surface area contributed by atoms with E-state index in [0.717, 1.165) is 71.8 Å². The molecule has 0 bridgehead atoms. The van der Waals surface area contributed by atoms with Crippen LogP contribution < -0.4 is 0 Å². The molecule has 0 fully saturated rings. The number of fused-ring (bicyclic) bond motifs is 7. The third kappa shape index (κ3) is 4.23. The summed E-state index contributed by atoms with van der Waals surface area (Å²) in [7, 11) is 0. The Hall–Kier alpha value is -5.09. The van der Waals surface area contributed by atoms with Crippen molar-refractivity contribution >= 4 is 54.6 Å². The topological polar surface area (TPSA) is 52.1 Å². The van der Waals surface area contributed by atoms with Crippen molar-refractivity contribution in [3.05, 3.63) is 145 Å². The smallest absolute Gasteiger partial charge is 0.134 e. The van der Waals surface area contributed by atoms with Gasteiger partial charge in [-0.1, -0.05) is 86.0 Å². The molecule has 0 amide bonds. The molecule has 0 saturated heterocycles. The summed E-state index contributed by atoms with van der Waals surface area (Å²) >= 11 is 0. The zero-order valence-electron chi connectivity index (χ0n) is 25.1. The average molecular weight is 771 g/mol. The SMILES string of the molecule is CC1(C)c2cc3c([c-]c2-c2nccc4oc5cccc1c5c24)oc1c2ccccc2ccc31.[Ir].[c-]1ccccc1-c1ccccn1. The van der Waals surface area contributed by atoms with Gasteiger partial charge in [0.2, 0.25) is 0 Å². The van der Waals surface area contributed by atoms with Gasteiger partial charge >= 0.3 is 0 Å². The zero-order valence-corrected chi connectivity index (χ0v) is 27.5. The molecule has 1 aliphatic carbocycles. The van der Waals surface area contributed by atoms with E-state index in [1.807, 2.05) is 60.8 Å². The van der Waals surface area contributed by atoms with Crippen molar-refractivity contribution in [1.29, 1.82) is 0 Å². The number of nitrogens with zero attached hydrogens (tertiary/aromatic N) is 2. The van der Waals surface area contributed by atoms with Crippen LogP contribution in [-0.2, 0) is 25.5 Å². The first-order valence-corrected chi connectivity index (χ1v) is 15.1. The van der Waals surface area contributed by atoms with E-state index in [1.54, 1.807) is 6.20 Å². The maximum Gasteiger partial charge on any atom is 0.134 e. The van der Waals surface area contributed by atoms with Gasteiger partial charge in [-0.05, 0) is 45.6 Å². The van der Waals surface area contributed by atoms with Crippen LogP contribution in [0.1, 0.15) is 25.0 Å². The number of rotatable bonds is 1. The Balaban J connectivity index is 0.000000204. The Morgan fingerprint density at radius 2 is 1.50 bits per heavy atom. The number of benzene rings is 5. The van der Waals surface area contributed by atoms with Gasteiger partial charge in [-0.3, -0.25) is 0 Å². The van der Waals surface area contributed by atoms with Crippen molar-refractivity contribution in [3.63, 3.8) is 0 Å². The molecule has 46 heavy (non-hydrogen) atoms. The summed E-state index contributed by atoms with van der Waals surface area (Å²) in [4.78, 5) is 9.05. The molecule has 1 aliphatic rings. The van der Waals surface area contributed by atoms with Gasteiger partial charge in [0, 0.05) is 54.4 Å². The summed E-state index contributed by atoms with van der Waals surface area (Å²) in [5.41, 5.74) is 9.52. The Kier molecular flexibility index (Phi) is 6.64. The second-order valence-electron chi connectivity index (χ2n) is 12.0. The van der Waals surface area contributed by atoms with Gasteiger partial charge in [-0.15, -0.1) is 53.1 Å². The van der Waals surface area contributed by atoms with Crippen LogP contribution in [0, 0.1) is 12.1 Å². The Morgan fingerprint density at radius 1 is 0.652 bits per heavy atom. The van der Waals surface area contributed by atoms with Gasteiger partial charge < -0.3 is 18.8 Å². The fourth-order valence-electron chi connectivity index (χ4n) is 6.85. The van der Waals surface area contributed by atoms with Crippen molar-refractivity contribution in [2.75, 3.05) is 0 Å². The van der Waals surface area contributed by atoms with Gasteiger partial charge in [0.05, 0.1) is 5.58 Å². The van der Waals surface area contributed by atoms with Gasteiger partial charge in [0.25, 0.3) is 0 Å². The standard InChI is InChI=1S/C30H18NO2.C11H8N.Ir/c1-30(2)21-8-5-9-23-26(21)27-24(32-23)12-13-31-28(27)20-15-25-19(14-22(20)30)18-11-10-16-6-3-4-7-17(16)29(18)33-25;1-2-6-10(7-3-1)11-8-4-5-9-12-11;/h3-14H,1-2H3;1-6,8-9H;/q2*-1;. The van der Waals surface area contributed by atoms with E-state index < -0.39 is 0 Å². The van der Waals surface area contributed by atoms with Crippen molar-refractivity contribution in [3.8, 4) is 22.5 Å². The Morgan fingerprint density at radius 3 is 2.35 bits per heavy atom. The van der Waals surface area contributed by atoms with Crippen LogP contribution in [-0.4, -0.2) is 9.97 Å². The molecule has 9 aromatic rings. The first kappa shape index (κ1) is 28.4. The Bertz CT molecular complexity index is 2530. The fourth-order valence-corrected chi connectivity index (χ4v) is 6.85. The molecule has 0 N–H and O–H groups in total. The number of aromatic nitrogens is 2. The summed E-state index contributed by atoms with van der Waals surface area (Å²) in [6.45, 7) is 4.56. The van der Waals surface area contributed by atoms with Crippen LogP contribution in [0.5, 0.6) is 0 Å². The van der Waals surface area contributed by atoms with Crippen molar-refractivity contribution in [1.82, 2.24) is 9.97 Å². The Labute approximate surface area is 279 Å². The monoisotopic (exact) mass is 771 g/mol. The normalized spacial score (nSPS) is 13.0. The molecular weight excluding hydrogens is 745 g/mol. The molecule has 5 aromatic carbocycles. The zero-order chi connectivity index (χ0) is 30.1. The average Bonchev–Trinajstić information content (AvgIpc) is 3.65. The molecule has 10 rings (SSSR count). The molecule has 0 aliphatic heterocycles. The quantitative estimate of drug-likeness (QED) is 0.156. The van der Waals surface area contributed by atoms with E-state index in [0.29, 0.717) is 0 Å². The molecule has 0 atom stereocenters. The van der Waals surface area contributed by atoms with E-state index >= 15 is 0 Å². The van der Waals surface area contributed by atoms with Crippen molar-refractivity contribution in [2.24, 2.45) is 0 Å². The molecule has 5 heteroatoms. The predicted octanol–water partition coefficient (Wildman–Crippen LogP) is 10.7. The predicted molar refractivity (Wildman–Crippen MR) is 181 cm³/mol. The van der Waals surface area contributed by atoms with E-state index in [9.17, 15) is 0 Å². The van der Waals surface area contributed by atoms with E-state index in [1.165, 1.54) is 16.5 Å². The summed E-state index contributed by atoms with van der Waals surface area (Å²) in [5, 5.41) is 6.72. The minimum atomic E-state index is -0.266. The van der Waals surface area contributed by atoms with E-state index in [2.05, 4.69) is 85.6 Å². The maximum absolute atomic E-state index is 6.46. The van der Waals surface area contributed by atoms with E-state index in [4.69, 9.17) is 13.8 Å². The molecule has 4 heterocycles. The third-order valence-electron chi connectivity index (χ3n) is 9.06. The minimum absolute atomic E-state index is 0. The second-order valence-corrected chi connectivity index (χ2v) is 12.0. The summed E-state index contributed by atoms with van der Waals surface area (Å²) in [6, 6.07) is 43.8. The van der Waals surface area contributed by atoms with Crippen molar-refractivity contribution < 1.29 is 28.9 Å². The molecule has 0 saturated carbocycles. The number of hydrogen-bond acceptors (Lipinski definition) is 4. The van der Waals surface area contributed by atoms with E-state index in [-0.39, 0.29) is 25.5 Å². The van der Waals surface area contributed by atoms with Crippen LogP contribution in [0.4, 0.5) is 0 Å². The summed E-state index contributed by atoms with van der Waals surface area (Å²) in [5.74, 6) is 0. The number of hydrogen-bond donors (Lipinski definition) is 0. The van der Waals surface area contributed by atoms with Crippen LogP contribution >= 0.6 is 0 Å². The molecule has 0 unspecified atom stereocenters.